The summed E-state index contributed by atoms with van der Waals surface area (Å²) in [6.45, 7) is 1.04. The van der Waals surface area contributed by atoms with Gasteiger partial charge in [0.2, 0.25) is 0 Å². The minimum atomic E-state index is -0.0946. The molecule has 0 bridgehead atoms. The van der Waals surface area contributed by atoms with Gasteiger partial charge in [-0.05, 0) is 36.4 Å². The smallest absolute Gasteiger partial charge is 0.185 e. The van der Waals surface area contributed by atoms with Crippen LogP contribution in [0.15, 0.2) is 48.5 Å². The third-order valence-electron chi connectivity index (χ3n) is 3.38. The molecule has 4 heteroatoms. The van der Waals surface area contributed by atoms with Gasteiger partial charge in [0.25, 0.3) is 0 Å². The van der Waals surface area contributed by atoms with Crippen LogP contribution in [0.1, 0.15) is 15.9 Å². The summed E-state index contributed by atoms with van der Waals surface area (Å²) in [5, 5.41) is 0. The van der Waals surface area contributed by atoms with Crippen LogP contribution in [-0.4, -0.2) is 26.1 Å². The van der Waals surface area contributed by atoms with Crippen molar-refractivity contribution in [3.63, 3.8) is 0 Å². The van der Waals surface area contributed by atoms with E-state index in [1.54, 1.807) is 31.4 Å². The van der Waals surface area contributed by atoms with Crippen LogP contribution in [0, 0.1) is 0 Å². The third-order valence-corrected chi connectivity index (χ3v) is 3.38. The maximum atomic E-state index is 12.3. The first-order valence-electron chi connectivity index (χ1n) is 7.03. The van der Waals surface area contributed by atoms with Crippen molar-refractivity contribution < 1.29 is 19.0 Å². The van der Waals surface area contributed by atoms with Gasteiger partial charge in [0.1, 0.15) is 19.0 Å². The number of ketones is 1. The van der Waals surface area contributed by atoms with Crippen molar-refractivity contribution in [1.29, 1.82) is 0 Å². The lowest BCUT2D eigenvalue weighted by Crippen LogP contribution is -2.15. The molecule has 1 aliphatic rings. The van der Waals surface area contributed by atoms with Crippen molar-refractivity contribution in [3.05, 3.63) is 59.7 Å². The number of methoxy groups -OCH3 is 1. The molecule has 1 heterocycles. The van der Waals surface area contributed by atoms with Gasteiger partial charge in [-0.15, -0.1) is 0 Å². The van der Waals surface area contributed by atoms with Crippen LogP contribution in [-0.2, 0) is 0 Å². The van der Waals surface area contributed by atoms with Crippen LogP contribution >= 0.6 is 0 Å². The molecular weight excluding hydrogens is 280 g/mol. The van der Waals surface area contributed by atoms with Crippen molar-refractivity contribution in [2.45, 2.75) is 0 Å². The summed E-state index contributed by atoms with van der Waals surface area (Å²) in [7, 11) is 1.61. The first-order chi connectivity index (χ1) is 10.8. The predicted molar refractivity (Wildman–Crippen MR) is 83.8 cm³/mol. The zero-order valence-electron chi connectivity index (χ0n) is 12.2. The summed E-state index contributed by atoms with van der Waals surface area (Å²) in [5.41, 5.74) is 1.42. The van der Waals surface area contributed by atoms with E-state index in [1.165, 1.54) is 6.08 Å². The predicted octanol–water partition coefficient (Wildman–Crippen LogP) is 3.36. The molecular formula is C18H16O4. The van der Waals surface area contributed by atoms with E-state index in [9.17, 15) is 4.79 Å². The minimum Gasteiger partial charge on any atom is -0.496 e. The van der Waals surface area contributed by atoms with Gasteiger partial charge in [0, 0.05) is 11.1 Å². The Hall–Kier alpha value is -2.75. The summed E-state index contributed by atoms with van der Waals surface area (Å²) >= 11 is 0. The van der Waals surface area contributed by atoms with Gasteiger partial charge < -0.3 is 14.2 Å². The largest absolute Gasteiger partial charge is 0.496 e. The van der Waals surface area contributed by atoms with E-state index in [0.29, 0.717) is 30.3 Å². The number of rotatable bonds is 4. The number of hydrogen-bond donors (Lipinski definition) is 0. The molecule has 3 rings (SSSR count). The van der Waals surface area contributed by atoms with Gasteiger partial charge in [0.15, 0.2) is 17.3 Å². The average Bonchev–Trinajstić information content (AvgIpc) is 2.59. The number of fused-ring (bicyclic) bond motifs is 1. The lowest BCUT2D eigenvalue weighted by Gasteiger charge is -2.18. The Morgan fingerprint density at radius 2 is 1.86 bits per heavy atom. The second-order valence-electron chi connectivity index (χ2n) is 4.80. The van der Waals surface area contributed by atoms with Gasteiger partial charge in [-0.3, -0.25) is 4.79 Å². The Bertz CT molecular complexity index is 719. The summed E-state index contributed by atoms with van der Waals surface area (Å²) in [6, 6.07) is 12.8. The highest BCUT2D eigenvalue weighted by molar-refractivity contribution is 6.07. The minimum absolute atomic E-state index is 0.0946. The van der Waals surface area contributed by atoms with Crippen molar-refractivity contribution in [2.75, 3.05) is 20.3 Å². The number of hydrogen-bond acceptors (Lipinski definition) is 4. The molecule has 0 amide bonds. The summed E-state index contributed by atoms with van der Waals surface area (Å²) in [6.07, 6.45) is 3.28. The molecule has 0 spiro atoms. The van der Waals surface area contributed by atoms with Crippen molar-refractivity contribution in [1.82, 2.24) is 0 Å². The molecule has 0 radical (unpaired) electrons. The highest BCUT2D eigenvalue weighted by Gasteiger charge is 2.13. The zero-order chi connectivity index (χ0) is 15.4. The van der Waals surface area contributed by atoms with Gasteiger partial charge in [-0.2, -0.15) is 0 Å². The maximum Gasteiger partial charge on any atom is 0.185 e. The van der Waals surface area contributed by atoms with Gasteiger partial charge in [0.05, 0.1) is 7.11 Å². The van der Waals surface area contributed by atoms with Crippen LogP contribution in [0.2, 0.25) is 0 Å². The molecule has 4 nitrogen and oxygen atoms in total. The first kappa shape index (κ1) is 14.2. The van der Waals surface area contributed by atoms with E-state index < -0.39 is 0 Å². The second kappa shape index (κ2) is 6.35. The van der Waals surface area contributed by atoms with E-state index in [1.807, 2.05) is 24.3 Å². The highest BCUT2D eigenvalue weighted by atomic mass is 16.6. The van der Waals surface area contributed by atoms with E-state index in [-0.39, 0.29) is 5.78 Å². The molecule has 112 valence electrons. The monoisotopic (exact) mass is 296 g/mol. The van der Waals surface area contributed by atoms with Crippen molar-refractivity contribution >= 4 is 11.9 Å². The van der Waals surface area contributed by atoms with Crippen LogP contribution in [0.25, 0.3) is 6.08 Å². The van der Waals surface area contributed by atoms with Gasteiger partial charge >= 0.3 is 0 Å². The molecule has 2 aromatic carbocycles. The van der Waals surface area contributed by atoms with Crippen LogP contribution in [0.5, 0.6) is 17.2 Å². The zero-order valence-corrected chi connectivity index (χ0v) is 12.2. The van der Waals surface area contributed by atoms with Crippen LogP contribution in [0.3, 0.4) is 0 Å². The highest BCUT2D eigenvalue weighted by Crippen LogP contribution is 2.31. The molecule has 0 unspecified atom stereocenters. The van der Waals surface area contributed by atoms with Crippen molar-refractivity contribution in [2.24, 2.45) is 0 Å². The molecule has 0 N–H and O–H groups in total. The Morgan fingerprint density at radius 1 is 1.09 bits per heavy atom. The summed E-state index contributed by atoms with van der Waals surface area (Å²) in [5.74, 6) is 1.93. The van der Waals surface area contributed by atoms with Crippen molar-refractivity contribution in [3.8, 4) is 17.2 Å². The van der Waals surface area contributed by atoms with E-state index in [0.717, 1.165) is 11.3 Å². The second-order valence-corrected chi connectivity index (χ2v) is 4.80. The molecule has 0 saturated carbocycles. The number of carbonyl (C=O) groups is 1. The quantitative estimate of drug-likeness (QED) is 0.641. The standard InChI is InChI=1S/C18H16O4/c1-20-16-5-3-2-4-13(16)6-8-15(19)14-7-9-17-18(12-14)22-11-10-21-17/h2-9,12H,10-11H2,1H3/b8-6-. The average molecular weight is 296 g/mol. The molecule has 22 heavy (non-hydrogen) atoms. The normalized spacial score (nSPS) is 13.1. The van der Waals surface area contributed by atoms with E-state index >= 15 is 0 Å². The SMILES string of the molecule is COc1ccccc1/C=C\C(=O)c1ccc2c(c1)OCCO2. The number of carbonyl (C=O) groups excluding carboxylic acids is 1. The maximum absolute atomic E-state index is 12.3. The molecule has 1 aliphatic heterocycles. The number of para-hydroxylation sites is 1. The molecule has 0 aromatic heterocycles. The summed E-state index contributed by atoms with van der Waals surface area (Å²) in [4.78, 5) is 12.3. The topological polar surface area (TPSA) is 44.8 Å². The third kappa shape index (κ3) is 2.96. The van der Waals surface area contributed by atoms with Gasteiger partial charge in [-0.1, -0.05) is 18.2 Å². The molecule has 2 aromatic rings. The van der Waals surface area contributed by atoms with Crippen LogP contribution in [0.4, 0.5) is 0 Å². The fraction of sp³-hybridized carbons (Fsp3) is 0.167. The number of allylic oxidation sites excluding steroid dienone is 1. The fourth-order valence-electron chi connectivity index (χ4n) is 2.26. The molecule has 0 fully saturated rings. The molecule has 0 saturated heterocycles. The summed E-state index contributed by atoms with van der Waals surface area (Å²) < 4.78 is 16.2. The van der Waals surface area contributed by atoms with Crippen LogP contribution < -0.4 is 14.2 Å². The van der Waals surface area contributed by atoms with E-state index in [4.69, 9.17) is 14.2 Å². The molecule has 0 aliphatic carbocycles. The Labute approximate surface area is 128 Å². The Kier molecular flexibility index (Phi) is 4.10. The number of benzene rings is 2. The lowest BCUT2D eigenvalue weighted by atomic mass is 10.1. The number of ether oxygens (including phenoxy) is 3. The fourth-order valence-corrected chi connectivity index (χ4v) is 2.26. The Morgan fingerprint density at radius 3 is 2.68 bits per heavy atom. The lowest BCUT2D eigenvalue weighted by molar-refractivity contribution is 0.104. The van der Waals surface area contributed by atoms with Gasteiger partial charge in [-0.25, -0.2) is 0 Å². The molecule has 0 atom stereocenters. The van der Waals surface area contributed by atoms with E-state index in [2.05, 4.69) is 0 Å². The first-order valence-corrected chi connectivity index (χ1v) is 7.03. The Balaban J connectivity index is 1.81.